The van der Waals surface area contributed by atoms with E-state index in [1.54, 1.807) is 13.1 Å². The largest absolute Gasteiger partial charge is 0.416 e. The minimum absolute atomic E-state index is 0.172. The Bertz CT molecular complexity index is 543. The first-order valence-corrected chi connectivity index (χ1v) is 4.94. The Hall–Kier alpha value is -1.85. The van der Waals surface area contributed by atoms with Gasteiger partial charge in [-0.2, -0.15) is 18.3 Å². The molecule has 17 heavy (non-hydrogen) atoms. The van der Waals surface area contributed by atoms with Crippen LogP contribution in [0, 0.1) is 13.8 Å². The second-order valence-corrected chi connectivity index (χ2v) is 3.73. The summed E-state index contributed by atoms with van der Waals surface area (Å²) in [5.41, 5.74) is 0.955. The highest BCUT2D eigenvalue weighted by atomic mass is 19.4. The summed E-state index contributed by atoms with van der Waals surface area (Å²) >= 11 is 0. The number of hydrogen-bond donors (Lipinski definition) is 0. The molecular formula is C11H10F3N3. The summed E-state index contributed by atoms with van der Waals surface area (Å²) in [6, 6.07) is 1.93. The molecule has 2 heterocycles. The molecule has 6 heteroatoms. The molecular weight excluding hydrogens is 231 g/mol. The lowest BCUT2D eigenvalue weighted by atomic mass is 10.2. The van der Waals surface area contributed by atoms with Crippen LogP contribution >= 0.6 is 0 Å². The van der Waals surface area contributed by atoms with Crippen molar-refractivity contribution in [1.82, 2.24) is 14.8 Å². The van der Waals surface area contributed by atoms with Crippen molar-refractivity contribution in [2.24, 2.45) is 0 Å². The molecule has 0 amide bonds. The highest BCUT2D eigenvalue weighted by Crippen LogP contribution is 2.29. The number of halogens is 3. The fourth-order valence-corrected chi connectivity index (χ4v) is 1.43. The molecule has 2 aromatic heterocycles. The molecule has 0 aliphatic heterocycles. The van der Waals surface area contributed by atoms with Crippen LogP contribution in [0.5, 0.6) is 0 Å². The molecule has 2 rings (SSSR count). The Morgan fingerprint density at radius 3 is 2.47 bits per heavy atom. The molecule has 0 spiro atoms. The van der Waals surface area contributed by atoms with Gasteiger partial charge in [0.15, 0.2) is 5.82 Å². The van der Waals surface area contributed by atoms with Gasteiger partial charge >= 0.3 is 6.18 Å². The van der Waals surface area contributed by atoms with Crippen molar-refractivity contribution < 1.29 is 13.2 Å². The van der Waals surface area contributed by atoms with E-state index >= 15 is 0 Å². The van der Waals surface area contributed by atoms with E-state index in [2.05, 4.69) is 10.1 Å². The van der Waals surface area contributed by atoms with Crippen LogP contribution in [0.15, 0.2) is 24.5 Å². The standard InChI is InChI=1S/C11H10F3N3/c1-7-6-16-17(8(7)2)10-5-9(3-4-15-10)11(12,13)14/h3-6H,1-2H3. The van der Waals surface area contributed by atoms with E-state index < -0.39 is 11.7 Å². The van der Waals surface area contributed by atoms with E-state index in [1.165, 1.54) is 4.68 Å². The Morgan fingerprint density at radius 1 is 1.24 bits per heavy atom. The van der Waals surface area contributed by atoms with E-state index in [0.29, 0.717) is 0 Å². The monoisotopic (exact) mass is 241 g/mol. The zero-order valence-electron chi connectivity index (χ0n) is 9.28. The Labute approximate surface area is 95.9 Å². The number of aryl methyl sites for hydroxylation is 1. The van der Waals surface area contributed by atoms with Crippen molar-refractivity contribution in [2.75, 3.05) is 0 Å². The Morgan fingerprint density at radius 2 is 1.94 bits per heavy atom. The van der Waals surface area contributed by atoms with E-state index in [-0.39, 0.29) is 5.82 Å². The summed E-state index contributed by atoms with van der Waals surface area (Å²) in [6.07, 6.45) is -1.64. The van der Waals surface area contributed by atoms with E-state index in [0.717, 1.165) is 29.6 Å². The Kier molecular flexibility index (Phi) is 2.65. The van der Waals surface area contributed by atoms with Gasteiger partial charge in [0.05, 0.1) is 11.8 Å². The van der Waals surface area contributed by atoms with Crippen LogP contribution in [-0.4, -0.2) is 14.8 Å². The summed E-state index contributed by atoms with van der Waals surface area (Å²) in [7, 11) is 0. The van der Waals surface area contributed by atoms with Crippen molar-refractivity contribution in [3.63, 3.8) is 0 Å². The minimum atomic E-state index is -4.37. The van der Waals surface area contributed by atoms with Crippen LogP contribution in [0.25, 0.3) is 5.82 Å². The average Bonchev–Trinajstić information content (AvgIpc) is 2.59. The van der Waals surface area contributed by atoms with Gasteiger partial charge in [-0.05, 0) is 31.5 Å². The zero-order valence-corrected chi connectivity index (χ0v) is 9.28. The SMILES string of the molecule is Cc1cnn(-c2cc(C(F)(F)F)ccn2)c1C. The summed E-state index contributed by atoms with van der Waals surface area (Å²) in [4.78, 5) is 3.90. The maximum atomic E-state index is 12.5. The number of aromatic nitrogens is 3. The number of alkyl halides is 3. The second-order valence-electron chi connectivity index (χ2n) is 3.73. The highest BCUT2D eigenvalue weighted by molar-refractivity contribution is 5.32. The third-order valence-corrected chi connectivity index (χ3v) is 2.55. The summed E-state index contributed by atoms with van der Waals surface area (Å²) < 4.78 is 39.0. The highest BCUT2D eigenvalue weighted by Gasteiger charge is 2.31. The fourth-order valence-electron chi connectivity index (χ4n) is 1.43. The summed E-state index contributed by atoms with van der Waals surface area (Å²) in [5.74, 6) is 0.172. The van der Waals surface area contributed by atoms with Gasteiger partial charge in [-0.3, -0.25) is 0 Å². The molecule has 2 aromatic rings. The van der Waals surface area contributed by atoms with Crippen molar-refractivity contribution in [3.8, 4) is 5.82 Å². The molecule has 0 N–H and O–H groups in total. The van der Waals surface area contributed by atoms with Gasteiger partial charge in [-0.25, -0.2) is 9.67 Å². The molecule has 0 saturated heterocycles. The number of rotatable bonds is 1. The van der Waals surface area contributed by atoms with Gasteiger partial charge in [0.25, 0.3) is 0 Å². The number of nitrogens with zero attached hydrogens (tertiary/aromatic N) is 3. The van der Waals surface area contributed by atoms with Crippen molar-refractivity contribution in [1.29, 1.82) is 0 Å². The molecule has 0 saturated carbocycles. The minimum Gasteiger partial charge on any atom is -0.237 e. The van der Waals surface area contributed by atoms with Crippen molar-refractivity contribution >= 4 is 0 Å². The van der Waals surface area contributed by atoms with Gasteiger partial charge in [0, 0.05) is 11.9 Å². The van der Waals surface area contributed by atoms with Gasteiger partial charge < -0.3 is 0 Å². The summed E-state index contributed by atoms with van der Waals surface area (Å²) in [6.45, 7) is 3.62. The van der Waals surface area contributed by atoms with E-state index in [1.807, 2.05) is 6.92 Å². The first-order valence-electron chi connectivity index (χ1n) is 4.94. The van der Waals surface area contributed by atoms with Crippen LogP contribution in [0.1, 0.15) is 16.8 Å². The lowest BCUT2D eigenvalue weighted by molar-refractivity contribution is -0.137. The topological polar surface area (TPSA) is 30.7 Å². The lowest BCUT2D eigenvalue weighted by Crippen LogP contribution is -2.08. The molecule has 0 aliphatic carbocycles. The lowest BCUT2D eigenvalue weighted by Gasteiger charge is -2.09. The second kappa shape index (κ2) is 3.87. The molecule has 0 aromatic carbocycles. The van der Waals surface area contributed by atoms with Gasteiger partial charge in [0.2, 0.25) is 0 Å². The van der Waals surface area contributed by atoms with Crippen molar-refractivity contribution in [2.45, 2.75) is 20.0 Å². The van der Waals surface area contributed by atoms with Crippen molar-refractivity contribution in [3.05, 3.63) is 41.3 Å². The maximum absolute atomic E-state index is 12.5. The molecule has 0 atom stereocenters. The Balaban J connectivity index is 2.51. The molecule has 0 unspecified atom stereocenters. The smallest absolute Gasteiger partial charge is 0.237 e. The normalized spacial score (nSPS) is 11.8. The third kappa shape index (κ3) is 2.15. The van der Waals surface area contributed by atoms with Gasteiger partial charge in [-0.15, -0.1) is 0 Å². The molecule has 0 bridgehead atoms. The van der Waals surface area contributed by atoms with Crippen LogP contribution < -0.4 is 0 Å². The third-order valence-electron chi connectivity index (χ3n) is 2.55. The van der Waals surface area contributed by atoms with Gasteiger partial charge in [0.1, 0.15) is 0 Å². The van der Waals surface area contributed by atoms with Crippen LogP contribution in [0.4, 0.5) is 13.2 Å². The molecule has 0 aliphatic rings. The molecule has 3 nitrogen and oxygen atoms in total. The summed E-state index contributed by atoms with van der Waals surface area (Å²) in [5, 5.41) is 4.00. The predicted octanol–water partition coefficient (Wildman–Crippen LogP) is 2.90. The first-order chi connectivity index (χ1) is 7.89. The average molecular weight is 241 g/mol. The van der Waals surface area contributed by atoms with Gasteiger partial charge in [-0.1, -0.05) is 0 Å². The fraction of sp³-hybridized carbons (Fsp3) is 0.273. The molecule has 90 valence electrons. The van der Waals surface area contributed by atoms with Crippen LogP contribution in [0.3, 0.4) is 0 Å². The van der Waals surface area contributed by atoms with Crippen LogP contribution in [-0.2, 0) is 6.18 Å². The predicted molar refractivity (Wildman–Crippen MR) is 55.8 cm³/mol. The van der Waals surface area contributed by atoms with Crippen LogP contribution in [0.2, 0.25) is 0 Å². The quantitative estimate of drug-likeness (QED) is 0.768. The maximum Gasteiger partial charge on any atom is 0.416 e. The number of pyridine rings is 1. The number of hydrogen-bond acceptors (Lipinski definition) is 2. The van der Waals surface area contributed by atoms with E-state index in [9.17, 15) is 13.2 Å². The van der Waals surface area contributed by atoms with E-state index in [4.69, 9.17) is 0 Å². The molecule has 0 fully saturated rings. The zero-order chi connectivity index (χ0) is 12.6. The molecule has 0 radical (unpaired) electrons. The first kappa shape index (κ1) is 11.6.